The Morgan fingerprint density at radius 1 is 0.433 bits per heavy atom. The predicted octanol–water partition coefficient (Wildman–Crippen LogP) is 7.77. The second-order valence-electron chi connectivity index (χ2n) is 9.16. The molecule has 0 heterocycles. The van der Waals surface area contributed by atoms with Crippen LogP contribution in [0.3, 0.4) is 0 Å². The van der Waals surface area contributed by atoms with Gasteiger partial charge in [-0.2, -0.15) is 0 Å². The quantitative estimate of drug-likeness (QED) is 0.346. The smallest absolute Gasteiger partial charge is 0.0238 e. The standard InChI is InChI=1S/C30H36/c1-3-7-25(8-4-1)11-13-27-15-19-29(20-16-27)23-24-30-21-17-28(18-22-30)14-12-26-9-5-2-6-10-26/h1,3-4,7-8,15-22,26H,2,5-6,9-14,23-24H2. The van der Waals surface area contributed by atoms with E-state index in [2.05, 4.69) is 78.9 Å². The van der Waals surface area contributed by atoms with Gasteiger partial charge >= 0.3 is 0 Å². The monoisotopic (exact) mass is 396 g/mol. The lowest BCUT2D eigenvalue weighted by Crippen LogP contribution is -2.07. The molecular weight excluding hydrogens is 360 g/mol. The van der Waals surface area contributed by atoms with E-state index >= 15 is 0 Å². The van der Waals surface area contributed by atoms with Gasteiger partial charge in [0.15, 0.2) is 0 Å². The van der Waals surface area contributed by atoms with Gasteiger partial charge in [0.25, 0.3) is 0 Å². The number of rotatable bonds is 9. The molecular formula is C30H36. The number of benzene rings is 3. The van der Waals surface area contributed by atoms with Gasteiger partial charge in [-0.3, -0.25) is 0 Å². The van der Waals surface area contributed by atoms with Crippen molar-refractivity contribution in [2.45, 2.75) is 70.6 Å². The van der Waals surface area contributed by atoms with Gasteiger partial charge in [-0.25, -0.2) is 0 Å². The third-order valence-electron chi connectivity index (χ3n) is 6.86. The molecule has 1 fully saturated rings. The lowest BCUT2D eigenvalue weighted by Gasteiger charge is -2.21. The SMILES string of the molecule is c1ccc(CCc2ccc(CCc3ccc(CCC4CCCCC4)cc3)cc2)cc1. The molecule has 0 radical (unpaired) electrons. The summed E-state index contributed by atoms with van der Waals surface area (Å²) in [6.07, 6.45) is 14.4. The summed E-state index contributed by atoms with van der Waals surface area (Å²) in [5, 5.41) is 0. The van der Waals surface area contributed by atoms with Gasteiger partial charge in [0.1, 0.15) is 0 Å². The van der Waals surface area contributed by atoms with E-state index in [4.69, 9.17) is 0 Å². The molecule has 3 aromatic carbocycles. The van der Waals surface area contributed by atoms with Crippen molar-refractivity contribution < 1.29 is 0 Å². The lowest BCUT2D eigenvalue weighted by molar-refractivity contribution is 0.339. The van der Waals surface area contributed by atoms with Crippen molar-refractivity contribution in [3.8, 4) is 0 Å². The molecule has 0 saturated heterocycles. The number of aryl methyl sites for hydroxylation is 5. The van der Waals surface area contributed by atoms with Crippen LogP contribution in [-0.2, 0) is 32.1 Å². The summed E-state index contributed by atoms with van der Waals surface area (Å²) < 4.78 is 0. The molecule has 1 aliphatic rings. The van der Waals surface area contributed by atoms with Crippen LogP contribution in [0.1, 0.15) is 66.3 Å². The Kier molecular flexibility index (Phi) is 7.78. The van der Waals surface area contributed by atoms with Gasteiger partial charge in [-0.1, -0.05) is 111 Å². The third-order valence-corrected chi connectivity index (χ3v) is 6.86. The van der Waals surface area contributed by atoms with Crippen molar-refractivity contribution in [3.63, 3.8) is 0 Å². The van der Waals surface area contributed by atoms with Gasteiger partial charge < -0.3 is 0 Å². The molecule has 30 heavy (non-hydrogen) atoms. The lowest BCUT2D eigenvalue weighted by atomic mass is 9.85. The van der Waals surface area contributed by atoms with E-state index in [0.29, 0.717) is 0 Å². The number of hydrogen-bond acceptors (Lipinski definition) is 0. The summed E-state index contributed by atoms with van der Waals surface area (Å²) in [6, 6.07) is 29.5. The van der Waals surface area contributed by atoms with E-state index in [9.17, 15) is 0 Å². The van der Waals surface area contributed by atoms with Crippen LogP contribution in [0.5, 0.6) is 0 Å². The average Bonchev–Trinajstić information content (AvgIpc) is 2.83. The molecule has 0 aliphatic heterocycles. The normalized spacial score (nSPS) is 14.7. The summed E-state index contributed by atoms with van der Waals surface area (Å²) in [6.45, 7) is 0. The summed E-state index contributed by atoms with van der Waals surface area (Å²) in [7, 11) is 0. The Balaban J connectivity index is 1.20. The van der Waals surface area contributed by atoms with Gasteiger partial charge in [0.05, 0.1) is 0 Å². The molecule has 0 spiro atoms. The molecule has 1 saturated carbocycles. The van der Waals surface area contributed by atoms with Crippen LogP contribution in [0.2, 0.25) is 0 Å². The Morgan fingerprint density at radius 2 is 0.833 bits per heavy atom. The Bertz CT molecular complexity index is 852. The first-order valence-corrected chi connectivity index (χ1v) is 12.0. The van der Waals surface area contributed by atoms with Gasteiger partial charge in [-0.15, -0.1) is 0 Å². The first-order chi connectivity index (χ1) is 14.8. The Morgan fingerprint density at radius 3 is 1.30 bits per heavy atom. The van der Waals surface area contributed by atoms with Crippen molar-refractivity contribution in [1.82, 2.24) is 0 Å². The minimum atomic E-state index is 0.981. The van der Waals surface area contributed by atoms with E-state index in [1.807, 2.05) is 0 Å². The molecule has 4 rings (SSSR count). The highest BCUT2D eigenvalue weighted by atomic mass is 14.2. The maximum absolute atomic E-state index is 2.37. The molecule has 1 aliphatic carbocycles. The minimum absolute atomic E-state index is 0.981. The molecule has 0 amide bonds. The molecule has 0 aromatic heterocycles. The fourth-order valence-corrected chi connectivity index (χ4v) is 4.81. The largest absolute Gasteiger partial charge is 0.0622 e. The van der Waals surface area contributed by atoms with E-state index < -0.39 is 0 Å². The summed E-state index contributed by atoms with van der Waals surface area (Å²) in [5.41, 5.74) is 7.28. The van der Waals surface area contributed by atoms with Crippen molar-refractivity contribution >= 4 is 0 Å². The van der Waals surface area contributed by atoms with Crippen molar-refractivity contribution in [1.29, 1.82) is 0 Å². The van der Waals surface area contributed by atoms with E-state index in [1.54, 1.807) is 0 Å². The molecule has 0 N–H and O–H groups in total. The molecule has 156 valence electrons. The zero-order valence-electron chi connectivity index (χ0n) is 18.4. The fraction of sp³-hybridized carbons (Fsp3) is 0.400. The van der Waals surface area contributed by atoms with Gasteiger partial charge in [-0.05, 0) is 72.3 Å². The summed E-state index contributed by atoms with van der Waals surface area (Å²) >= 11 is 0. The highest BCUT2D eigenvalue weighted by molar-refractivity contribution is 5.27. The molecule has 0 bridgehead atoms. The third kappa shape index (κ3) is 6.59. The van der Waals surface area contributed by atoms with Crippen LogP contribution in [-0.4, -0.2) is 0 Å². The van der Waals surface area contributed by atoms with Gasteiger partial charge in [0.2, 0.25) is 0 Å². The molecule has 3 aromatic rings. The van der Waals surface area contributed by atoms with Crippen LogP contribution in [0.25, 0.3) is 0 Å². The predicted molar refractivity (Wildman–Crippen MR) is 129 cm³/mol. The van der Waals surface area contributed by atoms with Crippen molar-refractivity contribution in [3.05, 3.63) is 107 Å². The first kappa shape index (κ1) is 20.9. The molecule has 0 heteroatoms. The Hall–Kier alpha value is -2.34. The van der Waals surface area contributed by atoms with Crippen molar-refractivity contribution in [2.24, 2.45) is 5.92 Å². The highest BCUT2D eigenvalue weighted by Crippen LogP contribution is 2.27. The van der Waals surface area contributed by atoms with Crippen LogP contribution in [0.15, 0.2) is 78.9 Å². The highest BCUT2D eigenvalue weighted by Gasteiger charge is 2.12. The zero-order valence-corrected chi connectivity index (χ0v) is 18.4. The van der Waals surface area contributed by atoms with E-state index in [1.165, 1.54) is 72.8 Å². The van der Waals surface area contributed by atoms with Crippen LogP contribution in [0.4, 0.5) is 0 Å². The van der Waals surface area contributed by atoms with E-state index in [0.717, 1.165) is 31.6 Å². The van der Waals surface area contributed by atoms with Crippen LogP contribution < -0.4 is 0 Å². The Labute approximate surface area is 183 Å². The zero-order chi connectivity index (χ0) is 20.4. The average molecular weight is 397 g/mol. The maximum Gasteiger partial charge on any atom is -0.0238 e. The molecule has 0 unspecified atom stereocenters. The fourth-order valence-electron chi connectivity index (χ4n) is 4.81. The first-order valence-electron chi connectivity index (χ1n) is 12.0. The summed E-state index contributed by atoms with van der Waals surface area (Å²) in [4.78, 5) is 0. The minimum Gasteiger partial charge on any atom is -0.0622 e. The second-order valence-corrected chi connectivity index (χ2v) is 9.16. The van der Waals surface area contributed by atoms with Crippen LogP contribution >= 0.6 is 0 Å². The molecule has 0 atom stereocenters. The van der Waals surface area contributed by atoms with E-state index in [-0.39, 0.29) is 0 Å². The topological polar surface area (TPSA) is 0 Å². The molecule has 0 nitrogen and oxygen atoms in total. The van der Waals surface area contributed by atoms with Gasteiger partial charge in [0, 0.05) is 0 Å². The second kappa shape index (κ2) is 11.2. The number of hydrogen-bond donors (Lipinski definition) is 0. The van der Waals surface area contributed by atoms with Crippen molar-refractivity contribution in [2.75, 3.05) is 0 Å². The van der Waals surface area contributed by atoms with Crippen LogP contribution in [0, 0.1) is 5.92 Å². The maximum atomic E-state index is 2.37. The summed E-state index contributed by atoms with van der Waals surface area (Å²) in [5.74, 6) is 0.981.